The summed E-state index contributed by atoms with van der Waals surface area (Å²) in [6.07, 6.45) is 5.71. The highest BCUT2D eigenvalue weighted by Gasteiger charge is 2.19. The minimum atomic E-state index is -0.338. The molecule has 0 saturated heterocycles. The van der Waals surface area contributed by atoms with Gasteiger partial charge in [-0.2, -0.15) is 0 Å². The maximum atomic E-state index is 13.6. The van der Waals surface area contributed by atoms with E-state index in [0.717, 1.165) is 5.56 Å². The molecule has 2 aromatic rings. The number of aryl methyl sites for hydroxylation is 2. The summed E-state index contributed by atoms with van der Waals surface area (Å²) in [6.45, 7) is 0. The number of rotatable bonds is 4. The Hall–Kier alpha value is -0.900. The first-order valence-electron chi connectivity index (χ1n) is 7.40. The highest BCUT2D eigenvalue weighted by molar-refractivity contribution is 7.12. The number of likely N-dealkylation sites (N-methyl/N-ethyl adjacent to an activating group) is 1. The molecule has 1 aromatic carbocycles. The Kier molecular flexibility index (Phi) is 4.63. The molecule has 1 aliphatic carbocycles. The maximum Gasteiger partial charge on any atom is 0.142 e. The van der Waals surface area contributed by atoms with E-state index in [4.69, 9.17) is 11.6 Å². The van der Waals surface area contributed by atoms with Gasteiger partial charge in [0, 0.05) is 15.8 Å². The Morgan fingerprint density at radius 2 is 2.14 bits per heavy atom. The summed E-state index contributed by atoms with van der Waals surface area (Å²) in [5, 5.41) is 3.60. The molecule has 0 amide bonds. The molecular weight excluding hydrogens is 305 g/mol. The van der Waals surface area contributed by atoms with Crippen LogP contribution >= 0.6 is 22.9 Å². The number of nitrogens with one attached hydrogen (secondary N) is 1. The molecule has 1 nitrogen and oxygen atoms in total. The van der Waals surface area contributed by atoms with Crippen molar-refractivity contribution in [3.8, 4) is 0 Å². The molecule has 0 fully saturated rings. The Morgan fingerprint density at radius 3 is 2.90 bits per heavy atom. The molecular formula is C17H19ClFNS. The molecule has 112 valence electrons. The lowest BCUT2D eigenvalue weighted by Gasteiger charge is -2.15. The van der Waals surface area contributed by atoms with E-state index in [2.05, 4.69) is 11.4 Å². The van der Waals surface area contributed by atoms with Crippen LogP contribution < -0.4 is 5.32 Å². The van der Waals surface area contributed by atoms with Gasteiger partial charge in [0.1, 0.15) is 5.82 Å². The number of thiophene rings is 1. The highest BCUT2D eigenvalue weighted by atomic mass is 35.5. The van der Waals surface area contributed by atoms with Crippen molar-refractivity contribution in [3.05, 3.63) is 56.0 Å². The predicted octanol–water partition coefficient (Wildman–Crippen LogP) is 4.92. The molecule has 1 N–H and O–H groups in total. The minimum absolute atomic E-state index is 0.194. The number of halogens is 2. The molecule has 1 aliphatic rings. The fourth-order valence-corrected chi connectivity index (χ4v) is 4.53. The van der Waals surface area contributed by atoms with Crippen LogP contribution in [0.4, 0.5) is 4.39 Å². The molecule has 1 heterocycles. The number of hydrogen-bond acceptors (Lipinski definition) is 2. The summed E-state index contributed by atoms with van der Waals surface area (Å²) in [7, 11) is 1.95. The van der Waals surface area contributed by atoms with E-state index in [0.29, 0.717) is 6.42 Å². The van der Waals surface area contributed by atoms with Gasteiger partial charge < -0.3 is 5.32 Å². The van der Waals surface area contributed by atoms with E-state index >= 15 is 0 Å². The molecule has 4 heteroatoms. The molecule has 0 bridgehead atoms. The van der Waals surface area contributed by atoms with E-state index in [1.165, 1.54) is 47.1 Å². The molecule has 0 saturated carbocycles. The first kappa shape index (κ1) is 15.0. The van der Waals surface area contributed by atoms with Crippen LogP contribution in [0.15, 0.2) is 24.3 Å². The van der Waals surface area contributed by atoms with Gasteiger partial charge in [-0.05, 0) is 62.4 Å². The van der Waals surface area contributed by atoms with Crippen molar-refractivity contribution in [2.75, 3.05) is 7.05 Å². The van der Waals surface area contributed by atoms with Gasteiger partial charge in [0.15, 0.2) is 0 Å². The van der Waals surface area contributed by atoms with Crippen molar-refractivity contribution in [2.24, 2.45) is 0 Å². The van der Waals surface area contributed by atoms with Gasteiger partial charge in [-0.25, -0.2) is 4.39 Å². The Morgan fingerprint density at radius 1 is 1.33 bits per heavy atom. The largest absolute Gasteiger partial charge is 0.312 e. The number of benzene rings is 1. The van der Waals surface area contributed by atoms with Crippen LogP contribution in [0, 0.1) is 5.82 Å². The first-order chi connectivity index (χ1) is 10.2. The standard InChI is InChI=1S/C17H19ClFNS/c1-20-14(9-12-6-4-7-13(19)17(12)18)16-10-11-5-2-3-8-15(11)21-16/h4,6-7,10,14,20H,2-3,5,8-9H2,1H3. The van der Waals surface area contributed by atoms with Crippen LogP contribution in [0.1, 0.15) is 39.8 Å². The van der Waals surface area contributed by atoms with Crippen LogP contribution in [0.25, 0.3) is 0 Å². The van der Waals surface area contributed by atoms with Gasteiger partial charge in [-0.1, -0.05) is 23.7 Å². The van der Waals surface area contributed by atoms with E-state index in [9.17, 15) is 4.39 Å². The quantitative estimate of drug-likeness (QED) is 0.842. The molecule has 0 spiro atoms. The highest BCUT2D eigenvalue weighted by Crippen LogP contribution is 2.35. The Labute approximate surface area is 134 Å². The second-order valence-corrected chi connectivity index (χ2v) is 7.11. The summed E-state index contributed by atoms with van der Waals surface area (Å²) < 4.78 is 13.6. The van der Waals surface area contributed by atoms with Gasteiger partial charge in [0.25, 0.3) is 0 Å². The van der Waals surface area contributed by atoms with Gasteiger partial charge in [0.05, 0.1) is 5.02 Å². The van der Waals surface area contributed by atoms with Gasteiger partial charge in [0.2, 0.25) is 0 Å². The molecule has 0 aliphatic heterocycles. The molecule has 1 atom stereocenters. The third kappa shape index (κ3) is 3.15. The number of fused-ring (bicyclic) bond motifs is 1. The van der Waals surface area contributed by atoms with Crippen LogP contribution in [0.5, 0.6) is 0 Å². The van der Waals surface area contributed by atoms with Crippen molar-refractivity contribution in [3.63, 3.8) is 0 Å². The molecule has 1 aromatic heterocycles. The summed E-state index contributed by atoms with van der Waals surface area (Å²) >= 11 is 7.98. The fourth-order valence-electron chi connectivity index (χ4n) is 2.96. The topological polar surface area (TPSA) is 12.0 Å². The third-order valence-electron chi connectivity index (χ3n) is 4.16. The Balaban J connectivity index is 1.85. The zero-order chi connectivity index (χ0) is 14.8. The SMILES string of the molecule is CNC(Cc1cccc(F)c1Cl)c1cc2c(s1)CCCC2. The van der Waals surface area contributed by atoms with Crippen molar-refractivity contribution in [1.82, 2.24) is 5.32 Å². The van der Waals surface area contributed by atoms with Gasteiger partial charge in [-0.15, -0.1) is 11.3 Å². The Bertz CT molecular complexity index is 614. The molecule has 21 heavy (non-hydrogen) atoms. The lowest BCUT2D eigenvalue weighted by molar-refractivity contribution is 0.592. The predicted molar refractivity (Wildman–Crippen MR) is 87.9 cm³/mol. The van der Waals surface area contributed by atoms with Crippen LogP contribution in [0.2, 0.25) is 5.02 Å². The van der Waals surface area contributed by atoms with E-state index in [1.54, 1.807) is 6.07 Å². The van der Waals surface area contributed by atoms with E-state index in [-0.39, 0.29) is 16.9 Å². The maximum absolute atomic E-state index is 13.6. The zero-order valence-electron chi connectivity index (χ0n) is 12.1. The van der Waals surface area contributed by atoms with Crippen LogP contribution in [0.3, 0.4) is 0 Å². The van der Waals surface area contributed by atoms with Gasteiger partial charge >= 0.3 is 0 Å². The van der Waals surface area contributed by atoms with Crippen LogP contribution in [-0.2, 0) is 19.3 Å². The normalized spacial score (nSPS) is 15.8. The zero-order valence-corrected chi connectivity index (χ0v) is 13.7. The minimum Gasteiger partial charge on any atom is -0.312 e. The first-order valence-corrected chi connectivity index (χ1v) is 8.60. The lowest BCUT2D eigenvalue weighted by atomic mass is 9.98. The second kappa shape index (κ2) is 6.47. The molecule has 0 radical (unpaired) electrons. The average molecular weight is 324 g/mol. The molecule has 3 rings (SSSR count). The van der Waals surface area contributed by atoms with Crippen molar-refractivity contribution >= 4 is 22.9 Å². The smallest absolute Gasteiger partial charge is 0.142 e. The van der Waals surface area contributed by atoms with Crippen molar-refractivity contribution < 1.29 is 4.39 Å². The average Bonchev–Trinajstić information content (AvgIpc) is 2.92. The summed E-state index contributed by atoms with van der Waals surface area (Å²) in [4.78, 5) is 2.87. The second-order valence-electron chi connectivity index (χ2n) is 5.56. The van der Waals surface area contributed by atoms with E-state index in [1.807, 2.05) is 24.5 Å². The summed E-state index contributed by atoms with van der Waals surface area (Å²) in [5.74, 6) is -0.338. The summed E-state index contributed by atoms with van der Waals surface area (Å²) in [5.41, 5.74) is 2.37. The van der Waals surface area contributed by atoms with Crippen LogP contribution in [-0.4, -0.2) is 7.05 Å². The van der Waals surface area contributed by atoms with E-state index < -0.39 is 0 Å². The number of hydrogen-bond donors (Lipinski definition) is 1. The fraction of sp³-hybridized carbons (Fsp3) is 0.412. The monoisotopic (exact) mass is 323 g/mol. The van der Waals surface area contributed by atoms with Crippen molar-refractivity contribution in [1.29, 1.82) is 0 Å². The lowest BCUT2D eigenvalue weighted by Crippen LogP contribution is -2.18. The van der Waals surface area contributed by atoms with Gasteiger partial charge in [-0.3, -0.25) is 0 Å². The summed E-state index contributed by atoms with van der Waals surface area (Å²) in [6, 6.07) is 7.56. The molecule has 1 unspecified atom stereocenters. The third-order valence-corrected chi connectivity index (χ3v) is 5.94. The van der Waals surface area contributed by atoms with Crippen molar-refractivity contribution in [2.45, 2.75) is 38.1 Å².